The van der Waals surface area contributed by atoms with E-state index in [2.05, 4.69) is 10.3 Å². The molecule has 1 aliphatic carbocycles. The third-order valence-corrected chi connectivity index (χ3v) is 4.57. The minimum atomic E-state index is -0.910. The van der Waals surface area contributed by atoms with Crippen LogP contribution in [0.15, 0.2) is 42.6 Å². The van der Waals surface area contributed by atoms with Crippen molar-refractivity contribution < 1.29 is 18.7 Å². The summed E-state index contributed by atoms with van der Waals surface area (Å²) in [6, 6.07) is 8.92. The summed E-state index contributed by atoms with van der Waals surface area (Å²) in [5.74, 6) is -1.83. The normalized spacial score (nSPS) is 20.6. The lowest BCUT2D eigenvalue weighted by Gasteiger charge is -2.37. The number of aryl methyl sites for hydroxylation is 1. The van der Waals surface area contributed by atoms with E-state index in [0.717, 1.165) is 17.8 Å². The Morgan fingerprint density at radius 1 is 1.24 bits per heavy atom. The first kappa shape index (κ1) is 17.5. The van der Waals surface area contributed by atoms with Gasteiger partial charge < -0.3 is 10.4 Å². The predicted octanol–water partition coefficient (Wildman–Crippen LogP) is 2.92. The van der Waals surface area contributed by atoms with Gasteiger partial charge in [-0.05, 0) is 55.0 Å². The Morgan fingerprint density at radius 2 is 2.04 bits per heavy atom. The lowest BCUT2D eigenvalue weighted by atomic mass is 9.76. The van der Waals surface area contributed by atoms with Gasteiger partial charge in [-0.2, -0.15) is 0 Å². The molecule has 1 fully saturated rings. The predicted molar refractivity (Wildman–Crippen MR) is 88.5 cm³/mol. The number of halogens is 2. The van der Waals surface area contributed by atoms with Crippen LogP contribution in [-0.4, -0.2) is 22.1 Å². The van der Waals surface area contributed by atoms with Crippen molar-refractivity contribution in [3.05, 3.63) is 65.5 Å². The highest BCUT2D eigenvalue weighted by Gasteiger charge is 2.36. The van der Waals surface area contributed by atoms with Gasteiger partial charge in [-0.15, -0.1) is 0 Å². The number of aliphatic hydroxyl groups excluding tert-OH is 1. The molecule has 132 valence electrons. The fourth-order valence-electron chi connectivity index (χ4n) is 3.09. The number of aliphatic hydroxyl groups is 1. The summed E-state index contributed by atoms with van der Waals surface area (Å²) in [6.45, 7) is 0. The standard InChI is InChI=1S/C19H20F2N2O2/c20-15-6-4-12(9-16(15)21)5-7-18(25)23-19(13-10-14(24)11-13)17-3-1-2-8-22-17/h1-4,6,8-9,13-14,19,24H,5,7,10-11H2,(H,23,25). The number of hydrogen-bond donors (Lipinski definition) is 2. The molecule has 0 spiro atoms. The lowest BCUT2D eigenvalue weighted by Crippen LogP contribution is -2.41. The molecule has 0 aliphatic heterocycles. The summed E-state index contributed by atoms with van der Waals surface area (Å²) < 4.78 is 26.2. The van der Waals surface area contributed by atoms with Gasteiger partial charge in [0.15, 0.2) is 11.6 Å². The van der Waals surface area contributed by atoms with Crippen molar-refractivity contribution in [1.29, 1.82) is 0 Å². The van der Waals surface area contributed by atoms with E-state index in [1.807, 2.05) is 12.1 Å². The van der Waals surface area contributed by atoms with Gasteiger partial charge in [0.05, 0.1) is 17.8 Å². The second-order valence-corrected chi connectivity index (χ2v) is 6.43. The first-order valence-electron chi connectivity index (χ1n) is 8.35. The van der Waals surface area contributed by atoms with E-state index in [1.165, 1.54) is 6.07 Å². The molecule has 0 bridgehead atoms. The second-order valence-electron chi connectivity index (χ2n) is 6.43. The molecule has 1 atom stereocenters. The third kappa shape index (κ3) is 4.39. The number of aromatic nitrogens is 1. The Bertz CT molecular complexity index is 733. The molecule has 1 aromatic carbocycles. The molecule has 25 heavy (non-hydrogen) atoms. The maximum atomic E-state index is 13.2. The van der Waals surface area contributed by atoms with Crippen LogP contribution in [0.2, 0.25) is 0 Å². The Balaban J connectivity index is 1.61. The second kappa shape index (κ2) is 7.70. The van der Waals surface area contributed by atoms with Crippen LogP contribution in [0, 0.1) is 17.6 Å². The van der Waals surface area contributed by atoms with Crippen molar-refractivity contribution in [2.75, 3.05) is 0 Å². The van der Waals surface area contributed by atoms with Crippen molar-refractivity contribution >= 4 is 5.91 Å². The molecule has 1 aromatic heterocycles. The molecule has 1 amide bonds. The van der Waals surface area contributed by atoms with Gasteiger partial charge in [0.2, 0.25) is 5.91 Å². The van der Waals surface area contributed by atoms with Crippen LogP contribution >= 0.6 is 0 Å². The van der Waals surface area contributed by atoms with E-state index in [0.29, 0.717) is 24.8 Å². The quantitative estimate of drug-likeness (QED) is 0.845. The Hall–Kier alpha value is -2.34. The highest BCUT2D eigenvalue weighted by Crippen LogP contribution is 2.37. The van der Waals surface area contributed by atoms with Crippen molar-refractivity contribution in [2.45, 2.75) is 37.8 Å². The van der Waals surface area contributed by atoms with Crippen LogP contribution in [0.25, 0.3) is 0 Å². The molecule has 0 saturated heterocycles. The Labute approximate surface area is 144 Å². The number of carbonyl (C=O) groups is 1. The first-order valence-corrected chi connectivity index (χ1v) is 8.35. The number of hydrogen-bond acceptors (Lipinski definition) is 3. The van der Waals surface area contributed by atoms with E-state index in [4.69, 9.17) is 0 Å². The zero-order valence-corrected chi connectivity index (χ0v) is 13.7. The lowest BCUT2D eigenvalue weighted by molar-refractivity contribution is -0.123. The fraction of sp³-hybridized carbons (Fsp3) is 0.368. The van der Waals surface area contributed by atoms with Crippen LogP contribution in [0.4, 0.5) is 8.78 Å². The van der Waals surface area contributed by atoms with Gasteiger partial charge in [0.1, 0.15) is 0 Å². The molecule has 2 aromatic rings. The summed E-state index contributed by atoms with van der Waals surface area (Å²) in [6.07, 6.45) is 3.10. The average molecular weight is 346 g/mol. The van der Waals surface area contributed by atoms with Crippen LogP contribution in [0.3, 0.4) is 0 Å². The maximum Gasteiger partial charge on any atom is 0.220 e. The van der Waals surface area contributed by atoms with E-state index in [1.54, 1.807) is 12.3 Å². The molecule has 0 radical (unpaired) electrons. The molecule has 4 nitrogen and oxygen atoms in total. The highest BCUT2D eigenvalue weighted by molar-refractivity contribution is 5.76. The van der Waals surface area contributed by atoms with Crippen molar-refractivity contribution in [1.82, 2.24) is 10.3 Å². The first-order chi connectivity index (χ1) is 12.0. The molecular weight excluding hydrogens is 326 g/mol. The van der Waals surface area contributed by atoms with Crippen molar-refractivity contribution in [2.24, 2.45) is 5.92 Å². The minimum absolute atomic E-state index is 0.150. The van der Waals surface area contributed by atoms with Crippen LogP contribution in [0.5, 0.6) is 0 Å². The molecule has 1 saturated carbocycles. The Kier molecular flexibility index (Phi) is 5.38. The SMILES string of the molecule is O=C(CCc1ccc(F)c(F)c1)NC(c1ccccn1)C1CC(O)C1. The van der Waals surface area contributed by atoms with E-state index in [-0.39, 0.29) is 30.4 Å². The molecule has 2 N–H and O–H groups in total. The van der Waals surface area contributed by atoms with Crippen LogP contribution < -0.4 is 5.32 Å². The molecule has 1 heterocycles. The topological polar surface area (TPSA) is 62.2 Å². The van der Waals surface area contributed by atoms with E-state index < -0.39 is 11.6 Å². The number of nitrogens with zero attached hydrogens (tertiary/aromatic N) is 1. The van der Waals surface area contributed by atoms with Crippen molar-refractivity contribution in [3.8, 4) is 0 Å². The van der Waals surface area contributed by atoms with E-state index in [9.17, 15) is 18.7 Å². The van der Waals surface area contributed by atoms with Gasteiger partial charge in [-0.1, -0.05) is 12.1 Å². The number of benzene rings is 1. The van der Waals surface area contributed by atoms with Gasteiger partial charge in [-0.25, -0.2) is 8.78 Å². The molecule has 3 rings (SSSR count). The summed E-state index contributed by atoms with van der Waals surface area (Å²) in [5.41, 5.74) is 1.34. The van der Waals surface area contributed by atoms with E-state index >= 15 is 0 Å². The highest BCUT2D eigenvalue weighted by atomic mass is 19.2. The van der Waals surface area contributed by atoms with Crippen LogP contribution in [0.1, 0.15) is 36.6 Å². The minimum Gasteiger partial charge on any atom is -0.393 e. The van der Waals surface area contributed by atoms with Gasteiger partial charge >= 0.3 is 0 Å². The molecule has 1 aliphatic rings. The summed E-state index contributed by atoms with van der Waals surface area (Å²) in [4.78, 5) is 16.6. The zero-order chi connectivity index (χ0) is 17.8. The third-order valence-electron chi connectivity index (χ3n) is 4.57. The molecular formula is C19H20F2N2O2. The van der Waals surface area contributed by atoms with Crippen LogP contribution in [-0.2, 0) is 11.2 Å². The van der Waals surface area contributed by atoms with Crippen molar-refractivity contribution in [3.63, 3.8) is 0 Å². The fourth-order valence-corrected chi connectivity index (χ4v) is 3.09. The number of pyridine rings is 1. The zero-order valence-electron chi connectivity index (χ0n) is 13.7. The summed E-state index contributed by atoms with van der Waals surface area (Å²) in [5, 5.41) is 12.5. The van der Waals surface area contributed by atoms with Gasteiger partial charge in [0.25, 0.3) is 0 Å². The smallest absolute Gasteiger partial charge is 0.220 e. The number of rotatable bonds is 6. The molecule has 1 unspecified atom stereocenters. The largest absolute Gasteiger partial charge is 0.393 e. The maximum absolute atomic E-state index is 13.2. The monoisotopic (exact) mass is 346 g/mol. The van der Waals surface area contributed by atoms with Gasteiger partial charge in [-0.3, -0.25) is 9.78 Å². The average Bonchev–Trinajstić information content (AvgIpc) is 2.59. The van der Waals surface area contributed by atoms with Gasteiger partial charge in [0, 0.05) is 12.6 Å². The summed E-state index contributed by atoms with van der Waals surface area (Å²) in [7, 11) is 0. The summed E-state index contributed by atoms with van der Waals surface area (Å²) >= 11 is 0. The Morgan fingerprint density at radius 3 is 2.68 bits per heavy atom. The number of nitrogens with one attached hydrogen (secondary N) is 1. The number of amides is 1. The number of carbonyl (C=O) groups excluding carboxylic acids is 1. The molecule has 6 heteroatoms.